The topological polar surface area (TPSA) is 270 Å². The summed E-state index contributed by atoms with van der Waals surface area (Å²) in [4.78, 5) is 58.8. The maximum atomic E-state index is 14.4. The Bertz CT molecular complexity index is 3190. The molecule has 4 bridgehead atoms. The number of nitriles is 3. The largest absolute Gasteiger partial charge is 0.491 e. The summed E-state index contributed by atoms with van der Waals surface area (Å²) < 4.78 is 53.8. The molecule has 84 heavy (non-hydrogen) atoms. The minimum Gasteiger partial charge on any atom is -0.443 e. The molecule has 1 unspecified atom stereocenters. The maximum Gasteiger partial charge on any atom is 0.491 e. The molecule has 0 radical (unpaired) electrons. The number of halogens is 4. The Morgan fingerprint density at radius 3 is 1.58 bits per heavy atom. The van der Waals surface area contributed by atoms with Crippen LogP contribution in [0, 0.1) is 79.5 Å². The normalized spacial score (nSPS) is 19.9. The number of rotatable bonds is 5. The van der Waals surface area contributed by atoms with Gasteiger partial charge in [0.2, 0.25) is 5.24 Å². The molecule has 4 aromatic rings. The van der Waals surface area contributed by atoms with E-state index in [0.29, 0.717) is 11.1 Å². The Balaban J connectivity index is 0. The zero-order valence-corrected chi connectivity index (χ0v) is 48.1. The van der Waals surface area contributed by atoms with E-state index in [1.807, 2.05) is 26.1 Å². The molecule has 0 saturated heterocycles. The number of hydrazine groups is 2. The predicted octanol–water partition coefficient (Wildman–Crippen LogP) is 11.9. The second-order valence-electron chi connectivity index (χ2n) is 23.4. The highest BCUT2D eigenvalue weighted by atomic mass is 35.5. The first-order valence-corrected chi connectivity index (χ1v) is 25.6. The number of hydrogen-bond acceptors (Lipinski definition) is 14. The van der Waals surface area contributed by atoms with Gasteiger partial charge in [0.05, 0.1) is 52.2 Å². The summed E-state index contributed by atoms with van der Waals surface area (Å²) >= 11 is 5.50. The molecule has 18 nitrogen and oxygen atoms in total. The van der Waals surface area contributed by atoms with Gasteiger partial charge in [-0.25, -0.2) is 43.3 Å². The summed E-state index contributed by atoms with van der Waals surface area (Å²) in [6, 6.07) is 17.0. The molecule has 23 heteroatoms. The molecule has 0 spiro atoms. The SMILES string of the molecule is C.C.C.C.C.CC1(C)[C@@H]2CC[C@@]1(C)C(=O)C2C(=O)Cl.CN(N)C(=O)OC(C)(C)C.CN(Nc1cc(C#N)ccc1F)C(=O)OC(C)(C)C.Cn1c2c(c(=O)n1-c1cc(C#N)ccc1F)[C@H]1CC[C@]2(C)C1(C)C.N#Cc1ccc(F)c(B(O)O)c1. The molecule has 464 valence electrons. The lowest BCUT2D eigenvalue weighted by molar-refractivity contribution is -0.135. The Kier molecular flexibility index (Phi) is 27.8. The van der Waals surface area contributed by atoms with Gasteiger partial charge in [-0.2, -0.15) is 15.8 Å². The quantitative estimate of drug-likeness (QED) is 0.0361. The summed E-state index contributed by atoms with van der Waals surface area (Å²) in [6.45, 7) is 23.4. The van der Waals surface area contributed by atoms with Crippen molar-refractivity contribution in [1.82, 2.24) is 19.4 Å². The molecular weight excluding hydrogens is 1110 g/mol. The zero-order chi connectivity index (χ0) is 60.3. The molecule has 2 amide bonds. The third kappa shape index (κ3) is 16.4. The highest BCUT2D eigenvalue weighted by molar-refractivity contribution is 6.65. The van der Waals surface area contributed by atoms with E-state index in [1.165, 1.54) is 55.2 Å². The van der Waals surface area contributed by atoms with Crippen molar-refractivity contribution >= 4 is 53.1 Å². The Hall–Kier alpha value is -7.16. The molecule has 3 aromatic carbocycles. The van der Waals surface area contributed by atoms with Crippen LogP contribution in [0.2, 0.25) is 0 Å². The fraction of sp³-hybridized carbons (Fsp3) is 0.541. The number of hydrogen-bond donors (Lipinski definition) is 4. The van der Waals surface area contributed by atoms with E-state index < -0.39 is 59.1 Å². The fourth-order valence-corrected chi connectivity index (χ4v) is 11.0. The first-order valence-electron chi connectivity index (χ1n) is 25.2. The number of Topliss-reactive ketones (excluding diaryl/α,β-unsaturated/α-hetero) is 1. The number of carbonyl (C=O) groups excluding carboxylic acids is 4. The van der Waals surface area contributed by atoms with Crippen LogP contribution in [0.1, 0.15) is 180 Å². The molecule has 1 aromatic heterocycles. The summed E-state index contributed by atoms with van der Waals surface area (Å²) in [5, 5.41) is 45.0. The monoisotopic (exact) mass is 1200 g/mol. The summed E-state index contributed by atoms with van der Waals surface area (Å²) in [5.41, 5.74) is 3.41. The standard InChI is InChI=1S/C19H20FN3O.C13H16FN3O2.C11H15ClO2.C7H5BFNO2.C6H14N2O2.5CH4/c1-18(2)12-7-8-19(18,3)16-15(12)17(24)23(22(16)4)14-9-11(10-21)5-6-13(14)20;1-13(2,3)19-12(18)17(4)16-11-7-9(8-15)5-6-10(11)14;1-10(2)6-4-5-11(10,3)8(13)7(6)9(12)14;9-7-2-1-5(4-10)3-6(7)8(11)12;1-6(2,3)10-5(9)8(4)7;;;;;/h5-6,9,12H,7-8H2,1-4H3;5-7,16H,1-4H3;6-7H,4-5H2,1-3H3;1-3,11-12H;7H2,1-4H3;5*1H4/t12-,19+;;6-,7?,11+;;;;;;;/m1.1......./s1. The second kappa shape index (κ2) is 29.6. The van der Waals surface area contributed by atoms with E-state index in [4.69, 9.17) is 52.8 Å². The summed E-state index contributed by atoms with van der Waals surface area (Å²) in [6.07, 6.45) is 2.73. The van der Waals surface area contributed by atoms with E-state index >= 15 is 0 Å². The molecule has 5 atom stereocenters. The summed E-state index contributed by atoms with van der Waals surface area (Å²) in [5.74, 6) is 3.21. The smallest absolute Gasteiger partial charge is 0.443 e. The number of benzene rings is 3. The Morgan fingerprint density at radius 1 is 0.726 bits per heavy atom. The van der Waals surface area contributed by atoms with Gasteiger partial charge in [-0.1, -0.05) is 78.7 Å². The molecule has 0 aliphatic heterocycles. The van der Waals surface area contributed by atoms with Gasteiger partial charge in [0.15, 0.2) is 5.78 Å². The van der Waals surface area contributed by atoms with Crippen LogP contribution in [0.15, 0.2) is 59.4 Å². The lowest BCUT2D eigenvalue weighted by Crippen LogP contribution is -2.38. The number of nitrogens with one attached hydrogen (secondary N) is 1. The molecule has 4 aliphatic rings. The fourth-order valence-electron chi connectivity index (χ4n) is 10.8. The molecular formula is C61H90BClF3N9O9. The van der Waals surface area contributed by atoms with Crippen LogP contribution < -0.4 is 22.3 Å². The number of carbonyl (C=O) groups is 4. The first-order chi connectivity index (χ1) is 36.3. The number of nitrogens with two attached hydrogens (primary N) is 1. The number of ketones is 1. The van der Waals surface area contributed by atoms with Crippen molar-refractivity contribution in [2.45, 2.75) is 168 Å². The predicted molar refractivity (Wildman–Crippen MR) is 324 cm³/mol. The summed E-state index contributed by atoms with van der Waals surface area (Å²) in [7, 11) is 2.79. The third-order valence-electron chi connectivity index (χ3n) is 15.6. The van der Waals surface area contributed by atoms with Crippen LogP contribution in [0.4, 0.5) is 28.4 Å². The Labute approximate surface area is 501 Å². The van der Waals surface area contributed by atoms with Crippen molar-refractivity contribution in [1.29, 1.82) is 15.8 Å². The van der Waals surface area contributed by atoms with Gasteiger partial charge in [0.25, 0.3) is 5.56 Å². The van der Waals surface area contributed by atoms with Crippen molar-refractivity contribution < 1.29 is 51.9 Å². The van der Waals surface area contributed by atoms with Gasteiger partial charge >= 0.3 is 19.3 Å². The molecule has 1 heterocycles. The van der Waals surface area contributed by atoms with Gasteiger partial charge in [0.1, 0.15) is 34.3 Å². The van der Waals surface area contributed by atoms with Crippen LogP contribution >= 0.6 is 11.6 Å². The van der Waals surface area contributed by atoms with Gasteiger partial charge in [0, 0.05) is 43.0 Å². The third-order valence-corrected chi connectivity index (χ3v) is 15.9. The Morgan fingerprint density at radius 2 is 1.18 bits per heavy atom. The molecule has 5 N–H and O–H groups in total. The van der Waals surface area contributed by atoms with Crippen molar-refractivity contribution in [3.63, 3.8) is 0 Å². The minimum absolute atomic E-state index is 0. The molecule has 4 aliphatic carbocycles. The average molecular weight is 1200 g/mol. The molecule has 3 fully saturated rings. The van der Waals surface area contributed by atoms with Crippen LogP contribution in [0.3, 0.4) is 0 Å². The van der Waals surface area contributed by atoms with Crippen LogP contribution in [0.5, 0.6) is 0 Å². The lowest BCUT2D eigenvalue weighted by atomic mass is 9.70. The maximum absolute atomic E-state index is 14.4. The van der Waals surface area contributed by atoms with Crippen molar-refractivity contribution in [3.8, 4) is 23.9 Å². The highest BCUT2D eigenvalue weighted by Gasteiger charge is 2.67. The average Bonchev–Trinajstić information content (AvgIpc) is 1.70. The van der Waals surface area contributed by atoms with Crippen molar-refractivity contribution in [2.75, 3.05) is 19.5 Å². The van der Waals surface area contributed by atoms with E-state index in [9.17, 15) is 37.1 Å². The van der Waals surface area contributed by atoms with Gasteiger partial charge < -0.3 is 19.5 Å². The number of ether oxygens (including phenoxy) is 2. The second-order valence-corrected chi connectivity index (χ2v) is 23.8. The van der Waals surface area contributed by atoms with Crippen LogP contribution in [-0.4, -0.2) is 85.1 Å². The van der Waals surface area contributed by atoms with Crippen LogP contribution in [-0.2, 0) is 31.5 Å². The van der Waals surface area contributed by atoms with E-state index in [1.54, 1.807) is 52.3 Å². The van der Waals surface area contributed by atoms with E-state index in [2.05, 4.69) is 40.0 Å². The van der Waals surface area contributed by atoms with E-state index in [0.717, 1.165) is 65.2 Å². The van der Waals surface area contributed by atoms with Crippen molar-refractivity contribution in [3.05, 3.63) is 110 Å². The zero-order valence-electron chi connectivity index (χ0n) is 47.3. The number of nitrogens with zero attached hydrogens (tertiary/aromatic N) is 7. The minimum atomic E-state index is -1.88. The van der Waals surface area contributed by atoms with Crippen LogP contribution in [0.25, 0.3) is 5.69 Å². The lowest BCUT2D eigenvalue weighted by Gasteiger charge is -2.36. The number of fused-ring (bicyclic) bond motifs is 7. The molecule has 3 saturated carbocycles. The van der Waals surface area contributed by atoms with E-state index in [-0.39, 0.29) is 104 Å². The highest BCUT2D eigenvalue weighted by Crippen LogP contribution is 2.67. The molecule has 8 rings (SSSR count). The number of amides is 2. The first kappa shape index (κ1) is 78.9. The van der Waals surface area contributed by atoms with Crippen molar-refractivity contribution in [2.24, 2.45) is 41.0 Å². The van der Waals surface area contributed by atoms with Gasteiger partial charge in [-0.3, -0.25) is 24.5 Å². The number of aromatic nitrogens is 2. The van der Waals surface area contributed by atoms with Gasteiger partial charge in [-0.15, -0.1) is 0 Å². The number of anilines is 1. The van der Waals surface area contributed by atoms with Gasteiger partial charge in [-0.05, 0) is 156 Å².